The number of rotatable bonds is 12. The molecule has 9 heteroatoms. The van der Waals surface area contributed by atoms with Gasteiger partial charge in [-0.25, -0.2) is 9.79 Å². The number of methoxy groups -OCH3 is 1. The molecule has 4 aromatic carbocycles. The van der Waals surface area contributed by atoms with Gasteiger partial charge >= 0.3 is 5.97 Å². The van der Waals surface area contributed by atoms with E-state index in [0.717, 1.165) is 27.8 Å². The smallest absolute Gasteiger partial charge is 0.337 e. The standard InChI is InChI=1S/C39H36N2O6S/c1-5-11-27-20-25(16-18-32(27)47-24-29-14-10-13-26-12-8-9-15-30(26)29)21-35-37(42)41-36(31(38(43)44-4)23-40-39(41)48-35)28-17-19-33(45-6-2)34(22-28)46-7-3/h5,8-10,12-23,36H,1,6-7,11,24H2,2-4H3/b35-21-/t36-/m0/s1. The summed E-state index contributed by atoms with van der Waals surface area (Å²) in [6.45, 7) is 9.03. The molecule has 48 heavy (non-hydrogen) atoms. The van der Waals surface area contributed by atoms with Crippen molar-refractivity contribution in [2.45, 2.75) is 32.9 Å². The Morgan fingerprint density at radius 3 is 2.48 bits per heavy atom. The summed E-state index contributed by atoms with van der Waals surface area (Å²) in [5.41, 5.74) is 3.52. The Bertz CT molecular complexity index is 2210. The van der Waals surface area contributed by atoms with E-state index < -0.39 is 12.0 Å². The summed E-state index contributed by atoms with van der Waals surface area (Å²) in [4.78, 5) is 32.0. The maximum Gasteiger partial charge on any atom is 0.337 e. The Morgan fingerprint density at radius 2 is 1.69 bits per heavy atom. The van der Waals surface area contributed by atoms with Gasteiger partial charge < -0.3 is 18.9 Å². The first-order valence-electron chi connectivity index (χ1n) is 15.8. The number of allylic oxidation sites excluding steroid dienone is 1. The number of hydrogen-bond acceptors (Lipinski definition) is 8. The average Bonchev–Trinajstić information content (AvgIpc) is 3.42. The number of hydrogen-bond donors (Lipinski definition) is 0. The van der Waals surface area contributed by atoms with Crippen molar-refractivity contribution in [3.8, 4) is 17.2 Å². The molecule has 5 aromatic rings. The summed E-state index contributed by atoms with van der Waals surface area (Å²) >= 11 is 1.26. The number of fused-ring (bicyclic) bond motifs is 2. The first kappa shape index (κ1) is 32.5. The van der Waals surface area contributed by atoms with Crippen LogP contribution < -0.4 is 29.1 Å². The van der Waals surface area contributed by atoms with Crippen LogP contribution in [0.5, 0.6) is 17.2 Å². The quantitative estimate of drug-likeness (QED) is 0.116. The van der Waals surface area contributed by atoms with E-state index >= 15 is 0 Å². The molecule has 0 saturated heterocycles. The van der Waals surface area contributed by atoms with Crippen LogP contribution in [-0.4, -0.2) is 30.9 Å². The molecule has 0 unspecified atom stereocenters. The number of benzene rings is 4. The minimum atomic E-state index is -0.771. The average molecular weight is 661 g/mol. The van der Waals surface area contributed by atoms with E-state index in [4.69, 9.17) is 18.9 Å². The highest BCUT2D eigenvalue weighted by atomic mass is 32.1. The second kappa shape index (κ2) is 14.6. The van der Waals surface area contributed by atoms with Crippen molar-refractivity contribution in [1.82, 2.24) is 4.57 Å². The lowest BCUT2D eigenvalue weighted by molar-refractivity contribution is -0.136. The number of thiazole rings is 1. The second-order valence-electron chi connectivity index (χ2n) is 11.0. The lowest BCUT2D eigenvalue weighted by atomic mass is 9.97. The topological polar surface area (TPSA) is 88.4 Å². The molecule has 6 rings (SSSR count). The van der Waals surface area contributed by atoms with Crippen molar-refractivity contribution in [2.24, 2.45) is 4.99 Å². The first-order valence-corrected chi connectivity index (χ1v) is 16.6. The van der Waals surface area contributed by atoms with Gasteiger partial charge in [-0.1, -0.05) is 72.0 Å². The monoisotopic (exact) mass is 660 g/mol. The molecule has 0 radical (unpaired) electrons. The van der Waals surface area contributed by atoms with Crippen LogP contribution in [0.3, 0.4) is 0 Å². The van der Waals surface area contributed by atoms with Crippen molar-refractivity contribution < 1.29 is 23.7 Å². The zero-order valence-corrected chi connectivity index (χ0v) is 27.9. The van der Waals surface area contributed by atoms with E-state index in [2.05, 4.69) is 35.8 Å². The lowest BCUT2D eigenvalue weighted by Gasteiger charge is -2.23. The predicted molar refractivity (Wildman–Crippen MR) is 189 cm³/mol. The second-order valence-corrected chi connectivity index (χ2v) is 12.0. The first-order chi connectivity index (χ1) is 23.4. The maximum absolute atomic E-state index is 14.1. The van der Waals surface area contributed by atoms with Gasteiger partial charge in [-0.3, -0.25) is 9.36 Å². The molecule has 8 nitrogen and oxygen atoms in total. The van der Waals surface area contributed by atoms with Gasteiger partial charge in [0, 0.05) is 6.20 Å². The van der Waals surface area contributed by atoms with Gasteiger partial charge in [0.15, 0.2) is 16.3 Å². The van der Waals surface area contributed by atoms with E-state index in [-0.39, 0.29) is 11.1 Å². The number of carbonyl (C=O) groups is 1. The van der Waals surface area contributed by atoms with Crippen LogP contribution in [0, 0.1) is 0 Å². The summed E-state index contributed by atoms with van der Waals surface area (Å²) < 4.78 is 25.0. The molecule has 1 aliphatic rings. The van der Waals surface area contributed by atoms with Crippen LogP contribution in [-0.2, 0) is 22.6 Å². The Morgan fingerprint density at radius 1 is 0.917 bits per heavy atom. The number of esters is 1. The third-order valence-electron chi connectivity index (χ3n) is 8.02. The largest absolute Gasteiger partial charge is 0.490 e. The molecule has 0 spiro atoms. The van der Waals surface area contributed by atoms with Crippen LogP contribution in [0.2, 0.25) is 0 Å². The van der Waals surface area contributed by atoms with Crippen molar-refractivity contribution in [2.75, 3.05) is 20.3 Å². The summed E-state index contributed by atoms with van der Waals surface area (Å²) in [6.07, 6.45) is 5.75. The SMILES string of the molecule is C=CCc1cc(/C=c2\sc3n(c2=O)[C@@H](c2ccc(OCC)c(OCC)c2)C(C(=O)OC)=CN=3)ccc1OCc1cccc2ccccc12. The Kier molecular flexibility index (Phi) is 9.87. The van der Waals surface area contributed by atoms with Crippen LogP contribution in [0.15, 0.2) is 113 Å². The highest BCUT2D eigenvalue weighted by Crippen LogP contribution is 2.35. The van der Waals surface area contributed by atoms with Gasteiger partial charge in [0.2, 0.25) is 0 Å². The maximum atomic E-state index is 14.1. The van der Waals surface area contributed by atoms with Gasteiger partial charge in [-0.05, 0) is 83.6 Å². The molecule has 0 bridgehead atoms. The van der Waals surface area contributed by atoms with E-state index in [1.165, 1.54) is 30.0 Å². The highest BCUT2D eigenvalue weighted by molar-refractivity contribution is 7.07. The van der Waals surface area contributed by atoms with Gasteiger partial charge in [0.1, 0.15) is 12.4 Å². The zero-order valence-electron chi connectivity index (χ0n) is 27.1. The number of aromatic nitrogens is 1. The molecular formula is C39H36N2O6S. The molecule has 1 aliphatic heterocycles. The molecule has 1 aromatic heterocycles. The van der Waals surface area contributed by atoms with Crippen LogP contribution in [0.4, 0.5) is 0 Å². The summed E-state index contributed by atoms with van der Waals surface area (Å²) in [6, 6.07) is 25.0. The lowest BCUT2D eigenvalue weighted by Crippen LogP contribution is -2.39. The van der Waals surface area contributed by atoms with E-state index in [1.54, 1.807) is 16.7 Å². The van der Waals surface area contributed by atoms with Crippen LogP contribution >= 0.6 is 11.3 Å². The molecule has 0 amide bonds. The molecule has 0 N–H and O–H groups in total. The van der Waals surface area contributed by atoms with Crippen molar-refractivity contribution in [3.05, 3.63) is 145 Å². The predicted octanol–water partition coefficient (Wildman–Crippen LogP) is 6.28. The molecular weight excluding hydrogens is 625 g/mol. The van der Waals surface area contributed by atoms with Crippen LogP contribution in [0.1, 0.15) is 42.1 Å². The van der Waals surface area contributed by atoms with E-state index in [9.17, 15) is 9.59 Å². The summed E-state index contributed by atoms with van der Waals surface area (Å²) in [7, 11) is 1.31. The van der Waals surface area contributed by atoms with Crippen molar-refractivity contribution in [1.29, 1.82) is 0 Å². The van der Waals surface area contributed by atoms with Crippen molar-refractivity contribution >= 4 is 34.2 Å². The third kappa shape index (κ3) is 6.55. The Labute approximate surface area is 282 Å². The molecule has 0 fully saturated rings. The van der Waals surface area contributed by atoms with Gasteiger partial charge in [0.25, 0.3) is 5.56 Å². The van der Waals surface area contributed by atoms with E-state index in [0.29, 0.717) is 52.6 Å². The minimum Gasteiger partial charge on any atom is -0.490 e. The number of carbonyl (C=O) groups excluding carboxylic acids is 1. The number of ether oxygens (including phenoxy) is 4. The zero-order chi connectivity index (χ0) is 33.6. The molecule has 244 valence electrons. The van der Waals surface area contributed by atoms with Gasteiger partial charge in [-0.2, -0.15) is 0 Å². The Balaban J connectivity index is 1.37. The Hall–Kier alpha value is -5.41. The normalized spacial score (nSPS) is 14.1. The fourth-order valence-corrected chi connectivity index (χ4v) is 6.83. The molecule has 2 heterocycles. The molecule has 0 aliphatic carbocycles. The van der Waals surface area contributed by atoms with Crippen molar-refractivity contribution in [3.63, 3.8) is 0 Å². The summed E-state index contributed by atoms with van der Waals surface area (Å²) in [5.74, 6) is 1.29. The fourth-order valence-electron chi connectivity index (χ4n) is 5.86. The third-order valence-corrected chi connectivity index (χ3v) is 9.01. The van der Waals surface area contributed by atoms with Gasteiger partial charge in [-0.15, -0.1) is 6.58 Å². The summed E-state index contributed by atoms with van der Waals surface area (Å²) in [5, 5.41) is 2.32. The fraction of sp³-hybridized carbons (Fsp3) is 0.205. The van der Waals surface area contributed by atoms with Crippen LogP contribution in [0.25, 0.3) is 16.8 Å². The molecule has 1 atom stereocenters. The highest BCUT2D eigenvalue weighted by Gasteiger charge is 2.31. The van der Waals surface area contributed by atoms with E-state index in [1.807, 2.05) is 68.5 Å². The minimum absolute atomic E-state index is 0.240. The van der Waals surface area contributed by atoms with Gasteiger partial charge in [0.05, 0.1) is 36.5 Å². The number of nitrogens with zero attached hydrogens (tertiary/aromatic N) is 2. The molecule has 0 saturated carbocycles.